The fourth-order valence-corrected chi connectivity index (χ4v) is 1.94. The first-order valence-electron chi connectivity index (χ1n) is 7.16. The monoisotopic (exact) mass is 281 g/mol. The molecular formula is C16H27NO3. The maximum absolute atomic E-state index is 9.90. The van der Waals surface area contributed by atoms with Gasteiger partial charge in [0.1, 0.15) is 18.5 Å². The minimum Gasteiger partial charge on any atom is -0.491 e. The average molecular weight is 281 g/mol. The standard InChI is InChI=1S/C16H27NO3/c1-5-20-16(3,4)12-17-10-14(18)11-19-15-9-7-6-8-13(15)2/h6-9,14,17-18H,5,10-12H2,1-4H3. The molecular weight excluding hydrogens is 254 g/mol. The third-order valence-corrected chi connectivity index (χ3v) is 2.99. The van der Waals surface area contributed by atoms with Crippen LogP contribution in [-0.2, 0) is 4.74 Å². The number of aliphatic hydroxyl groups excluding tert-OH is 1. The lowest BCUT2D eigenvalue weighted by Gasteiger charge is -2.25. The Morgan fingerprint density at radius 1 is 1.30 bits per heavy atom. The lowest BCUT2D eigenvalue weighted by molar-refractivity contribution is -0.0112. The van der Waals surface area contributed by atoms with Gasteiger partial charge in [0.2, 0.25) is 0 Å². The highest BCUT2D eigenvalue weighted by Crippen LogP contribution is 2.16. The summed E-state index contributed by atoms with van der Waals surface area (Å²) in [5.41, 5.74) is 0.857. The van der Waals surface area contributed by atoms with E-state index in [4.69, 9.17) is 9.47 Å². The number of benzene rings is 1. The number of nitrogens with one attached hydrogen (secondary N) is 1. The van der Waals surface area contributed by atoms with Crippen molar-refractivity contribution in [2.24, 2.45) is 0 Å². The van der Waals surface area contributed by atoms with Crippen LogP contribution in [-0.4, -0.2) is 43.1 Å². The summed E-state index contributed by atoms with van der Waals surface area (Å²) in [5.74, 6) is 0.821. The Hall–Kier alpha value is -1.10. The zero-order valence-electron chi connectivity index (χ0n) is 13.0. The second kappa shape index (κ2) is 8.25. The molecule has 1 atom stereocenters. The largest absolute Gasteiger partial charge is 0.491 e. The number of rotatable bonds is 9. The molecule has 0 aliphatic heterocycles. The van der Waals surface area contributed by atoms with Crippen molar-refractivity contribution in [2.75, 3.05) is 26.3 Å². The van der Waals surface area contributed by atoms with Gasteiger partial charge in [-0.25, -0.2) is 0 Å². The van der Waals surface area contributed by atoms with E-state index in [0.29, 0.717) is 19.7 Å². The molecule has 0 aliphatic carbocycles. The third kappa shape index (κ3) is 6.37. The summed E-state index contributed by atoms with van der Waals surface area (Å²) in [6.07, 6.45) is -0.535. The summed E-state index contributed by atoms with van der Waals surface area (Å²) < 4.78 is 11.2. The Bertz CT molecular complexity index is 393. The van der Waals surface area contributed by atoms with Crippen LogP contribution in [0, 0.1) is 6.92 Å². The van der Waals surface area contributed by atoms with Crippen LogP contribution in [0.5, 0.6) is 5.75 Å². The highest BCUT2D eigenvalue weighted by Gasteiger charge is 2.17. The lowest BCUT2D eigenvalue weighted by Crippen LogP contribution is -2.41. The normalized spacial score (nSPS) is 13.2. The summed E-state index contributed by atoms with van der Waals surface area (Å²) in [6, 6.07) is 7.80. The van der Waals surface area contributed by atoms with Crippen molar-refractivity contribution in [1.82, 2.24) is 5.32 Å². The van der Waals surface area contributed by atoms with Gasteiger partial charge in [0.25, 0.3) is 0 Å². The number of ether oxygens (including phenoxy) is 2. The van der Waals surface area contributed by atoms with Gasteiger partial charge < -0.3 is 19.9 Å². The molecule has 1 unspecified atom stereocenters. The van der Waals surface area contributed by atoms with Gasteiger partial charge in [-0.05, 0) is 39.3 Å². The summed E-state index contributed by atoms with van der Waals surface area (Å²) >= 11 is 0. The summed E-state index contributed by atoms with van der Waals surface area (Å²) in [7, 11) is 0. The van der Waals surface area contributed by atoms with Gasteiger partial charge in [0.05, 0.1) is 5.60 Å². The Balaban J connectivity index is 2.24. The first kappa shape index (κ1) is 17.0. The van der Waals surface area contributed by atoms with E-state index in [1.54, 1.807) is 0 Å². The van der Waals surface area contributed by atoms with Crippen LogP contribution in [0.25, 0.3) is 0 Å². The Morgan fingerprint density at radius 2 is 2.00 bits per heavy atom. The Kier molecular flexibility index (Phi) is 6.99. The van der Waals surface area contributed by atoms with Gasteiger partial charge in [-0.2, -0.15) is 0 Å². The van der Waals surface area contributed by atoms with E-state index in [2.05, 4.69) is 5.32 Å². The van der Waals surface area contributed by atoms with Crippen molar-refractivity contribution in [1.29, 1.82) is 0 Å². The summed E-state index contributed by atoms with van der Waals surface area (Å²) in [6.45, 7) is 10.2. The second-order valence-corrected chi connectivity index (χ2v) is 5.55. The molecule has 2 N–H and O–H groups in total. The van der Waals surface area contributed by atoms with Gasteiger partial charge in [-0.15, -0.1) is 0 Å². The van der Waals surface area contributed by atoms with Gasteiger partial charge in [-0.3, -0.25) is 0 Å². The molecule has 20 heavy (non-hydrogen) atoms. The van der Waals surface area contributed by atoms with E-state index in [1.165, 1.54) is 0 Å². The fourth-order valence-electron chi connectivity index (χ4n) is 1.94. The number of aryl methyl sites for hydroxylation is 1. The topological polar surface area (TPSA) is 50.7 Å². The zero-order valence-corrected chi connectivity index (χ0v) is 13.0. The number of hydrogen-bond donors (Lipinski definition) is 2. The van der Waals surface area contributed by atoms with Crippen LogP contribution < -0.4 is 10.1 Å². The maximum Gasteiger partial charge on any atom is 0.122 e. The summed E-state index contributed by atoms with van der Waals surface area (Å²) in [5, 5.41) is 13.1. The molecule has 0 amide bonds. The molecule has 0 aliphatic rings. The molecule has 0 heterocycles. The third-order valence-electron chi connectivity index (χ3n) is 2.99. The minimum absolute atomic E-state index is 0.217. The smallest absolute Gasteiger partial charge is 0.122 e. The maximum atomic E-state index is 9.90. The highest BCUT2D eigenvalue weighted by atomic mass is 16.5. The van der Waals surface area contributed by atoms with Crippen molar-refractivity contribution in [3.05, 3.63) is 29.8 Å². The minimum atomic E-state index is -0.535. The fraction of sp³-hybridized carbons (Fsp3) is 0.625. The molecule has 1 rings (SSSR count). The second-order valence-electron chi connectivity index (χ2n) is 5.55. The molecule has 0 saturated heterocycles. The van der Waals surface area contributed by atoms with Crippen molar-refractivity contribution >= 4 is 0 Å². The molecule has 1 aromatic carbocycles. The predicted octanol–water partition coefficient (Wildman–Crippen LogP) is 2.14. The quantitative estimate of drug-likeness (QED) is 0.728. The van der Waals surface area contributed by atoms with Crippen LogP contribution in [0.1, 0.15) is 26.3 Å². The average Bonchev–Trinajstić information content (AvgIpc) is 2.37. The van der Waals surface area contributed by atoms with E-state index < -0.39 is 6.10 Å². The molecule has 114 valence electrons. The van der Waals surface area contributed by atoms with E-state index in [9.17, 15) is 5.11 Å². The number of hydrogen-bond acceptors (Lipinski definition) is 4. The van der Waals surface area contributed by atoms with Crippen LogP contribution in [0.4, 0.5) is 0 Å². The van der Waals surface area contributed by atoms with E-state index >= 15 is 0 Å². The molecule has 0 radical (unpaired) electrons. The van der Waals surface area contributed by atoms with Gasteiger partial charge in [0.15, 0.2) is 0 Å². The number of aliphatic hydroxyl groups is 1. The van der Waals surface area contributed by atoms with Crippen LogP contribution >= 0.6 is 0 Å². The van der Waals surface area contributed by atoms with Crippen molar-refractivity contribution in [3.8, 4) is 5.75 Å². The van der Waals surface area contributed by atoms with E-state index in [1.807, 2.05) is 52.0 Å². The SMILES string of the molecule is CCOC(C)(C)CNCC(O)COc1ccccc1C. The molecule has 4 heteroatoms. The first-order chi connectivity index (χ1) is 9.44. The van der Waals surface area contributed by atoms with Gasteiger partial charge >= 0.3 is 0 Å². The predicted molar refractivity (Wildman–Crippen MR) is 81.3 cm³/mol. The molecule has 4 nitrogen and oxygen atoms in total. The molecule has 0 saturated carbocycles. The summed E-state index contributed by atoms with van der Waals surface area (Å²) in [4.78, 5) is 0. The van der Waals surface area contributed by atoms with Crippen LogP contribution in [0.2, 0.25) is 0 Å². The van der Waals surface area contributed by atoms with Crippen molar-refractivity contribution in [3.63, 3.8) is 0 Å². The molecule has 0 bridgehead atoms. The number of para-hydroxylation sites is 1. The van der Waals surface area contributed by atoms with Crippen molar-refractivity contribution in [2.45, 2.75) is 39.4 Å². The zero-order chi connectivity index (χ0) is 15.0. The highest BCUT2D eigenvalue weighted by molar-refractivity contribution is 5.31. The first-order valence-corrected chi connectivity index (χ1v) is 7.16. The van der Waals surface area contributed by atoms with Gasteiger partial charge in [-0.1, -0.05) is 18.2 Å². The molecule has 0 fully saturated rings. The van der Waals surface area contributed by atoms with E-state index in [0.717, 1.165) is 11.3 Å². The van der Waals surface area contributed by atoms with E-state index in [-0.39, 0.29) is 12.2 Å². The van der Waals surface area contributed by atoms with Gasteiger partial charge in [0, 0.05) is 19.7 Å². The Morgan fingerprint density at radius 3 is 2.65 bits per heavy atom. The molecule has 0 spiro atoms. The molecule has 1 aromatic rings. The van der Waals surface area contributed by atoms with Crippen molar-refractivity contribution < 1.29 is 14.6 Å². The Labute approximate surface area is 122 Å². The molecule has 0 aromatic heterocycles. The van der Waals surface area contributed by atoms with Crippen LogP contribution in [0.15, 0.2) is 24.3 Å². The van der Waals surface area contributed by atoms with Crippen LogP contribution in [0.3, 0.4) is 0 Å². The lowest BCUT2D eigenvalue weighted by atomic mass is 10.1.